The Morgan fingerprint density at radius 2 is 1.97 bits per heavy atom. The summed E-state index contributed by atoms with van der Waals surface area (Å²) in [5, 5.41) is 3.89. The second kappa shape index (κ2) is 7.09. The molecule has 11 unspecified atom stereocenters. The molecule has 0 aromatic heterocycles. The van der Waals surface area contributed by atoms with Gasteiger partial charge < -0.3 is 10.1 Å². The molecule has 1 N–H and O–H groups in total. The Morgan fingerprint density at radius 3 is 2.83 bits per heavy atom. The van der Waals surface area contributed by atoms with Gasteiger partial charge in [-0.3, -0.25) is 4.79 Å². The number of hydrogen-bond donors (Lipinski definition) is 1. The van der Waals surface area contributed by atoms with Crippen LogP contribution in [-0.4, -0.2) is 24.7 Å². The average Bonchev–Trinajstić information content (AvgIpc) is 3.10. The van der Waals surface area contributed by atoms with Crippen molar-refractivity contribution in [3.63, 3.8) is 0 Å². The van der Waals surface area contributed by atoms with E-state index in [1.54, 1.807) is 0 Å². The van der Waals surface area contributed by atoms with Crippen LogP contribution in [0.25, 0.3) is 0 Å². The number of allylic oxidation sites excluding steroid dienone is 1. The Balaban J connectivity index is 1.13. The Kier molecular flexibility index (Phi) is 4.68. The molecule has 6 fully saturated rings. The lowest BCUT2D eigenvalue weighted by Crippen LogP contribution is -2.49. The number of hydrogen-bond acceptors (Lipinski definition) is 3. The van der Waals surface area contributed by atoms with E-state index in [-0.39, 0.29) is 18.0 Å². The van der Waals surface area contributed by atoms with E-state index in [2.05, 4.69) is 25.7 Å². The summed E-state index contributed by atoms with van der Waals surface area (Å²) in [5.41, 5.74) is 1.74. The van der Waals surface area contributed by atoms with E-state index in [4.69, 9.17) is 4.74 Å². The Hall–Kier alpha value is -0.830. The molecule has 0 aromatic carbocycles. The maximum atomic E-state index is 12.9. The quantitative estimate of drug-likeness (QED) is 0.500. The van der Waals surface area contributed by atoms with Crippen LogP contribution >= 0.6 is 0 Å². The van der Waals surface area contributed by atoms with Crippen molar-refractivity contribution in [3.05, 3.63) is 12.2 Å². The number of rotatable bonds is 4. The molecule has 1 saturated heterocycles. The number of nitrogens with one attached hydrogen (secondary N) is 1. The molecule has 1 aliphatic heterocycles. The second-order valence-corrected chi connectivity index (χ2v) is 12.5. The number of ether oxygens (including phenoxy) is 1. The van der Waals surface area contributed by atoms with Crippen LogP contribution in [0.4, 0.5) is 0 Å². The fourth-order valence-electron chi connectivity index (χ4n) is 9.66. The summed E-state index contributed by atoms with van der Waals surface area (Å²) in [6.07, 6.45) is 13.4. The molecule has 0 spiro atoms. The number of esters is 1. The van der Waals surface area contributed by atoms with E-state index in [9.17, 15) is 4.79 Å². The highest BCUT2D eigenvalue weighted by Crippen LogP contribution is 2.59. The summed E-state index contributed by atoms with van der Waals surface area (Å²) in [7, 11) is 0. The second-order valence-electron chi connectivity index (χ2n) is 12.5. The molecule has 5 aliphatic carbocycles. The van der Waals surface area contributed by atoms with Gasteiger partial charge in [-0.25, -0.2) is 0 Å². The number of carbonyl (C=O) groups is 1. The molecule has 30 heavy (non-hydrogen) atoms. The summed E-state index contributed by atoms with van der Waals surface area (Å²) >= 11 is 0. The summed E-state index contributed by atoms with van der Waals surface area (Å²) in [6.45, 7) is 10.1. The maximum Gasteiger partial charge on any atom is 0.310 e. The van der Waals surface area contributed by atoms with Gasteiger partial charge in [0.2, 0.25) is 0 Å². The topological polar surface area (TPSA) is 38.3 Å². The first-order valence-electron chi connectivity index (χ1n) is 13.0. The predicted octanol–water partition coefficient (Wildman–Crippen LogP) is 5.35. The fourth-order valence-corrected chi connectivity index (χ4v) is 9.66. The zero-order chi connectivity index (χ0) is 20.6. The summed E-state index contributed by atoms with van der Waals surface area (Å²) in [6, 6.07) is 0.534. The predicted molar refractivity (Wildman–Crippen MR) is 119 cm³/mol. The Morgan fingerprint density at radius 1 is 1.17 bits per heavy atom. The van der Waals surface area contributed by atoms with Gasteiger partial charge in [-0.1, -0.05) is 19.1 Å². The van der Waals surface area contributed by atoms with E-state index in [0.29, 0.717) is 23.3 Å². The van der Waals surface area contributed by atoms with Crippen molar-refractivity contribution in [2.75, 3.05) is 6.54 Å². The average molecular weight is 412 g/mol. The smallest absolute Gasteiger partial charge is 0.310 e. The highest BCUT2D eigenvalue weighted by molar-refractivity contribution is 5.75. The standard InChI is InChI=1S/C27H41NO2/c1-15-5-4-8-27(3)13-24-21(12-23(15)27)22(26(29)30-24)14-28-16(2)25-19-7-6-18-9-17(10-19)11-20(18)25/h16-25,28H,1,4-14H2,2-3H3. The minimum atomic E-state index is 0.0498. The van der Waals surface area contributed by atoms with Gasteiger partial charge in [0, 0.05) is 18.5 Å². The van der Waals surface area contributed by atoms with Gasteiger partial charge in [-0.2, -0.15) is 0 Å². The van der Waals surface area contributed by atoms with Crippen LogP contribution in [0.15, 0.2) is 12.2 Å². The normalized spacial score (nSPS) is 52.7. The zero-order valence-electron chi connectivity index (χ0n) is 19.1. The first kappa shape index (κ1) is 19.8. The Labute approximate surface area is 182 Å². The van der Waals surface area contributed by atoms with Crippen molar-refractivity contribution in [2.24, 2.45) is 52.8 Å². The van der Waals surface area contributed by atoms with Crippen molar-refractivity contribution in [3.8, 4) is 0 Å². The van der Waals surface area contributed by atoms with Gasteiger partial charge in [0.25, 0.3) is 0 Å². The summed E-state index contributed by atoms with van der Waals surface area (Å²) < 4.78 is 5.99. The van der Waals surface area contributed by atoms with E-state index in [1.165, 1.54) is 56.9 Å². The minimum absolute atomic E-state index is 0.0498. The molecule has 5 saturated carbocycles. The van der Waals surface area contributed by atoms with E-state index >= 15 is 0 Å². The third-order valence-corrected chi connectivity index (χ3v) is 11.0. The minimum Gasteiger partial charge on any atom is -0.462 e. The lowest BCUT2D eigenvalue weighted by atomic mass is 9.55. The molecule has 3 heteroatoms. The number of fused-ring (bicyclic) bond motifs is 4. The first-order chi connectivity index (χ1) is 14.4. The highest BCUT2D eigenvalue weighted by Gasteiger charge is 2.56. The van der Waals surface area contributed by atoms with Crippen LogP contribution in [0.1, 0.15) is 78.1 Å². The van der Waals surface area contributed by atoms with Gasteiger partial charge >= 0.3 is 5.97 Å². The van der Waals surface area contributed by atoms with Crippen LogP contribution in [0.5, 0.6) is 0 Å². The van der Waals surface area contributed by atoms with E-state index in [0.717, 1.165) is 49.0 Å². The molecular weight excluding hydrogens is 370 g/mol. The zero-order valence-corrected chi connectivity index (χ0v) is 19.1. The van der Waals surface area contributed by atoms with Crippen LogP contribution in [0.3, 0.4) is 0 Å². The lowest BCUT2D eigenvalue weighted by Gasteiger charge is -2.50. The molecule has 166 valence electrons. The first-order valence-corrected chi connectivity index (χ1v) is 13.0. The van der Waals surface area contributed by atoms with Crippen LogP contribution in [0, 0.1) is 52.8 Å². The van der Waals surface area contributed by atoms with Gasteiger partial charge in [-0.05, 0) is 112 Å². The third kappa shape index (κ3) is 2.97. The molecule has 6 aliphatic rings. The molecule has 3 bridgehead atoms. The van der Waals surface area contributed by atoms with Crippen molar-refractivity contribution < 1.29 is 9.53 Å². The molecular formula is C27H41NO2. The monoisotopic (exact) mass is 411 g/mol. The van der Waals surface area contributed by atoms with Crippen LogP contribution in [-0.2, 0) is 9.53 Å². The number of carbonyl (C=O) groups excluding carboxylic acids is 1. The summed E-state index contributed by atoms with van der Waals surface area (Å²) in [5.74, 6) is 5.85. The van der Waals surface area contributed by atoms with Crippen LogP contribution < -0.4 is 5.32 Å². The fraction of sp³-hybridized carbons (Fsp3) is 0.889. The van der Waals surface area contributed by atoms with Crippen molar-refractivity contribution >= 4 is 5.97 Å². The largest absolute Gasteiger partial charge is 0.462 e. The maximum absolute atomic E-state index is 12.9. The molecule has 11 atom stereocenters. The third-order valence-electron chi connectivity index (χ3n) is 11.0. The van der Waals surface area contributed by atoms with Gasteiger partial charge in [0.15, 0.2) is 0 Å². The van der Waals surface area contributed by atoms with Gasteiger partial charge in [-0.15, -0.1) is 0 Å². The van der Waals surface area contributed by atoms with Crippen molar-refractivity contribution in [1.29, 1.82) is 0 Å². The van der Waals surface area contributed by atoms with Gasteiger partial charge in [0.05, 0.1) is 5.92 Å². The summed E-state index contributed by atoms with van der Waals surface area (Å²) in [4.78, 5) is 12.9. The molecule has 0 radical (unpaired) electrons. The lowest BCUT2D eigenvalue weighted by molar-refractivity contribution is -0.146. The Bertz CT molecular complexity index is 732. The molecule has 0 amide bonds. The molecule has 3 nitrogen and oxygen atoms in total. The molecule has 1 heterocycles. The highest BCUT2D eigenvalue weighted by atomic mass is 16.6. The molecule has 6 rings (SSSR count). The van der Waals surface area contributed by atoms with Gasteiger partial charge in [0.1, 0.15) is 6.10 Å². The van der Waals surface area contributed by atoms with E-state index in [1.807, 2.05) is 0 Å². The van der Waals surface area contributed by atoms with Crippen molar-refractivity contribution in [1.82, 2.24) is 5.32 Å². The molecule has 0 aromatic rings. The van der Waals surface area contributed by atoms with Crippen molar-refractivity contribution in [2.45, 2.75) is 90.2 Å². The van der Waals surface area contributed by atoms with Crippen LogP contribution in [0.2, 0.25) is 0 Å². The van der Waals surface area contributed by atoms with E-state index < -0.39 is 0 Å². The SMILES string of the molecule is C=C1CCCC2(C)CC3OC(=O)C(CNC(C)C4C5CCC6CC(C5)CC64)C3CC12.